The predicted molar refractivity (Wildman–Crippen MR) is 79.1 cm³/mol. The highest BCUT2D eigenvalue weighted by molar-refractivity contribution is 5.68. The van der Waals surface area contributed by atoms with Crippen molar-refractivity contribution < 1.29 is 52.4 Å². The fraction of sp³-hybridized carbons (Fsp3) is 0.667. The zero-order valence-corrected chi connectivity index (χ0v) is 14.7. The first-order valence-electron chi connectivity index (χ1n) is 7.55. The van der Waals surface area contributed by atoms with Crippen LogP contribution in [0.4, 0.5) is 0 Å². The fourth-order valence-corrected chi connectivity index (χ4v) is 2.34. The van der Waals surface area contributed by atoms with Crippen molar-refractivity contribution >= 4 is 30.3 Å². The van der Waals surface area contributed by atoms with E-state index in [1.165, 1.54) is 0 Å². The average molecular weight is 376 g/mol. The normalized spacial score (nSPS) is 27.6. The Bertz CT molecular complexity index is 558. The maximum atomic E-state index is 11.4. The van der Waals surface area contributed by atoms with E-state index in [4.69, 9.17) is 28.4 Å². The molecular weight excluding hydrogens is 356 g/mol. The van der Waals surface area contributed by atoms with Crippen LogP contribution in [-0.2, 0) is 52.4 Å². The van der Waals surface area contributed by atoms with Crippen molar-refractivity contribution in [3.05, 3.63) is 0 Å². The minimum absolute atomic E-state index is 0.0523. The van der Waals surface area contributed by atoms with Crippen LogP contribution in [0.5, 0.6) is 0 Å². The Kier molecular flexibility index (Phi) is 7.97. The van der Waals surface area contributed by atoms with Gasteiger partial charge in [0.1, 0.15) is 12.7 Å². The Morgan fingerprint density at radius 1 is 0.808 bits per heavy atom. The van der Waals surface area contributed by atoms with Crippen LogP contribution in [0, 0.1) is 0 Å². The second-order valence-electron chi connectivity index (χ2n) is 5.30. The molecule has 1 heterocycles. The summed E-state index contributed by atoms with van der Waals surface area (Å²) in [7, 11) is 0. The number of hydrogen-bond acceptors (Lipinski definition) is 11. The van der Waals surface area contributed by atoms with Crippen LogP contribution in [-0.4, -0.2) is 67.7 Å². The molecule has 11 heteroatoms. The van der Waals surface area contributed by atoms with Crippen molar-refractivity contribution in [2.45, 2.75) is 58.4 Å². The monoisotopic (exact) mass is 376 g/mol. The van der Waals surface area contributed by atoms with E-state index in [1.807, 2.05) is 0 Å². The predicted octanol–water partition coefficient (Wildman–Crippen LogP) is -0.757. The number of ether oxygens (including phenoxy) is 6. The Morgan fingerprint density at radius 2 is 1.35 bits per heavy atom. The molecule has 1 unspecified atom stereocenters. The van der Waals surface area contributed by atoms with Crippen molar-refractivity contribution in [3.63, 3.8) is 0 Å². The quantitative estimate of drug-likeness (QED) is 0.314. The lowest BCUT2D eigenvalue weighted by molar-refractivity contribution is -0.298. The molecule has 0 radical (unpaired) electrons. The molecule has 1 fully saturated rings. The van der Waals surface area contributed by atoms with Crippen LogP contribution >= 0.6 is 0 Å². The standard InChI is InChI=1S/C15H20O11/c1-7(17)21-5-11-12(23-8(2)18)13(22-6-16)14(24-9(3)19)15(26-11)25-10(4)20/h6,11-15H,5H2,1-4H3/t11-,12-,13+,14-,15?/m1/s1. The van der Waals surface area contributed by atoms with Gasteiger partial charge < -0.3 is 28.4 Å². The molecule has 0 aromatic carbocycles. The van der Waals surface area contributed by atoms with E-state index in [2.05, 4.69) is 0 Å². The van der Waals surface area contributed by atoms with Crippen LogP contribution in [0.1, 0.15) is 27.7 Å². The van der Waals surface area contributed by atoms with Crippen molar-refractivity contribution in [2.24, 2.45) is 0 Å². The van der Waals surface area contributed by atoms with Gasteiger partial charge in [0.2, 0.25) is 12.4 Å². The smallest absolute Gasteiger partial charge is 0.305 e. The number of rotatable bonds is 7. The first-order valence-corrected chi connectivity index (χ1v) is 7.55. The number of hydrogen-bond donors (Lipinski definition) is 0. The fourth-order valence-electron chi connectivity index (χ4n) is 2.34. The molecule has 0 aromatic heterocycles. The van der Waals surface area contributed by atoms with Crippen LogP contribution in [0.15, 0.2) is 0 Å². The Labute approximate surface area is 148 Å². The van der Waals surface area contributed by atoms with Gasteiger partial charge in [-0.05, 0) is 0 Å². The summed E-state index contributed by atoms with van der Waals surface area (Å²) in [6, 6.07) is 0. The number of esters is 4. The summed E-state index contributed by atoms with van der Waals surface area (Å²) in [6.45, 7) is 4.07. The maximum Gasteiger partial charge on any atom is 0.305 e. The summed E-state index contributed by atoms with van der Waals surface area (Å²) in [4.78, 5) is 56.1. The Morgan fingerprint density at radius 3 is 1.81 bits per heavy atom. The number of carbonyl (C=O) groups excluding carboxylic acids is 5. The molecule has 0 saturated carbocycles. The summed E-state index contributed by atoms with van der Waals surface area (Å²) in [5, 5.41) is 0. The van der Waals surface area contributed by atoms with E-state index in [0.29, 0.717) is 0 Å². The zero-order valence-electron chi connectivity index (χ0n) is 14.7. The van der Waals surface area contributed by atoms with Gasteiger partial charge in [-0.25, -0.2) is 0 Å². The van der Waals surface area contributed by atoms with Crippen LogP contribution in [0.2, 0.25) is 0 Å². The minimum atomic E-state index is -1.48. The lowest BCUT2D eigenvalue weighted by Crippen LogP contribution is -2.62. The van der Waals surface area contributed by atoms with E-state index in [9.17, 15) is 24.0 Å². The molecule has 0 amide bonds. The van der Waals surface area contributed by atoms with E-state index < -0.39 is 61.2 Å². The molecule has 0 aromatic rings. The lowest BCUT2D eigenvalue weighted by atomic mass is 9.98. The molecule has 1 aliphatic rings. The molecule has 146 valence electrons. The molecule has 5 atom stereocenters. The zero-order chi connectivity index (χ0) is 19.9. The van der Waals surface area contributed by atoms with Crippen molar-refractivity contribution in [1.82, 2.24) is 0 Å². The summed E-state index contributed by atoms with van der Waals surface area (Å²) in [6.07, 6.45) is -6.68. The van der Waals surface area contributed by atoms with E-state index >= 15 is 0 Å². The Hall–Kier alpha value is -2.69. The van der Waals surface area contributed by atoms with E-state index in [-0.39, 0.29) is 6.47 Å². The van der Waals surface area contributed by atoms with E-state index in [0.717, 1.165) is 27.7 Å². The number of carbonyl (C=O) groups is 5. The lowest BCUT2D eigenvalue weighted by Gasteiger charge is -2.43. The highest BCUT2D eigenvalue weighted by atomic mass is 16.7. The summed E-state index contributed by atoms with van der Waals surface area (Å²) < 4.78 is 30.3. The first kappa shape index (κ1) is 21.4. The van der Waals surface area contributed by atoms with Gasteiger partial charge in [0.15, 0.2) is 12.2 Å². The van der Waals surface area contributed by atoms with Gasteiger partial charge >= 0.3 is 23.9 Å². The highest BCUT2D eigenvalue weighted by Crippen LogP contribution is 2.29. The molecule has 0 spiro atoms. The highest BCUT2D eigenvalue weighted by Gasteiger charge is 2.53. The van der Waals surface area contributed by atoms with Gasteiger partial charge in [-0.1, -0.05) is 0 Å². The summed E-state index contributed by atoms with van der Waals surface area (Å²) in [5.74, 6) is -2.95. The molecule has 1 saturated heterocycles. The molecule has 0 aliphatic carbocycles. The van der Waals surface area contributed by atoms with Gasteiger partial charge in [-0.2, -0.15) is 0 Å². The van der Waals surface area contributed by atoms with Gasteiger partial charge in [-0.3, -0.25) is 24.0 Å². The molecular formula is C15H20O11. The molecule has 0 bridgehead atoms. The third-order valence-electron chi connectivity index (χ3n) is 3.14. The third-order valence-corrected chi connectivity index (χ3v) is 3.14. The SMILES string of the molecule is CC(=O)OC[C@H]1OC(OC(C)=O)[C@H](OC(C)=O)[C@@H](OC=O)[C@@H]1OC(C)=O. The molecule has 1 rings (SSSR count). The van der Waals surface area contributed by atoms with Gasteiger partial charge in [0.25, 0.3) is 6.47 Å². The largest absolute Gasteiger partial charge is 0.463 e. The molecule has 26 heavy (non-hydrogen) atoms. The summed E-state index contributed by atoms with van der Waals surface area (Å²) in [5.41, 5.74) is 0. The van der Waals surface area contributed by atoms with Crippen molar-refractivity contribution in [2.75, 3.05) is 6.61 Å². The second kappa shape index (κ2) is 9.70. The molecule has 0 N–H and O–H groups in total. The van der Waals surface area contributed by atoms with Crippen LogP contribution in [0.3, 0.4) is 0 Å². The van der Waals surface area contributed by atoms with Crippen molar-refractivity contribution in [1.29, 1.82) is 0 Å². The maximum absolute atomic E-state index is 11.4. The minimum Gasteiger partial charge on any atom is -0.463 e. The Balaban J connectivity index is 3.22. The van der Waals surface area contributed by atoms with Crippen LogP contribution < -0.4 is 0 Å². The summed E-state index contributed by atoms with van der Waals surface area (Å²) >= 11 is 0. The van der Waals surface area contributed by atoms with Gasteiger partial charge in [-0.15, -0.1) is 0 Å². The molecule has 11 nitrogen and oxygen atoms in total. The second-order valence-corrected chi connectivity index (χ2v) is 5.30. The van der Waals surface area contributed by atoms with E-state index in [1.54, 1.807) is 0 Å². The first-order chi connectivity index (χ1) is 12.1. The third kappa shape index (κ3) is 6.31. The van der Waals surface area contributed by atoms with Gasteiger partial charge in [0, 0.05) is 27.7 Å². The van der Waals surface area contributed by atoms with Crippen molar-refractivity contribution in [3.8, 4) is 0 Å². The van der Waals surface area contributed by atoms with Gasteiger partial charge in [0.05, 0.1) is 0 Å². The molecule has 1 aliphatic heterocycles. The van der Waals surface area contributed by atoms with Crippen LogP contribution in [0.25, 0.3) is 0 Å². The topological polar surface area (TPSA) is 141 Å². The average Bonchev–Trinajstić information content (AvgIpc) is 2.50.